The number of rotatable bonds is 6. The number of benzene rings is 3. The molecule has 1 amide bonds. The highest BCUT2D eigenvalue weighted by Crippen LogP contribution is 2.22. The van der Waals surface area contributed by atoms with Crippen molar-refractivity contribution in [2.24, 2.45) is 0 Å². The van der Waals surface area contributed by atoms with Gasteiger partial charge >= 0.3 is 6.61 Å². The maximum atomic E-state index is 12.4. The minimum Gasteiger partial charge on any atom is -0.435 e. The first-order valence-corrected chi connectivity index (χ1v) is 8.33. The molecule has 3 nitrogen and oxygen atoms in total. The van der Waals surface area contributed by atoms with Crippen molar-refractivity contribution in [1.82, 2.24) is 5.32 Å². The molecule has 5 heteroatoms. The summed E-state index contributed by atoms with van der Waals surface area (Å²) in [5.74, 6) is -0.0540. The third-order valence-electron chi connectivity index (χ3n) is 4.19. The van der Waals surface area contributed by atoms with E-state index in [0.717, 1.165) is 16.3 Å². The van der Waals surface area contributed by atoms with E-state index >= 15 is 0 Å². The zero-order valence-electron chi connectivity index (χ0n) is 14.3. The number of amides is 1. The van der Waals surface area contributed by atoms with Crippen LogP contribution in [-0.2, 0) is 11.2 Å². The zero-order chi connectivity index (χ0) is 18.5. The van der Waals surface area contributed by atoms with Crippen molar-refractivity contribution in [3.05, 3.63) is 77.9 Å². The normalized spacial score (nSPS) is 12.2. The number of hydrogen-bond acceptors (Lipinski definition) is 2. The Morgan fingerprint density at radius 3 is 2.58 bits per heavy atom. The van der Waals surface area contributed by atoms with E-state index in [0.29, 0.717) is 5.56 Å². The molecule has 1 unspecified atom stereocenters. The van der Waals surface area contributed by atoms with Crippen LogP contribution in [0.4, 0.5) is 8.78 Å². The van der Waals surface area contributed by atoms with Gasteiger partial charge in [-0.25, -0.2) is 0 Å². The standard InChI is InChI=1S/C21H19F2NO2/c1-14(16-8-5-10-18(12-16)26-21(22)23)24-20(25)13-17-9-4-7-15-6-2-3-11-19(15)17/h2-12,14,21H,13H2,1H3,(H,24,25). The zero-order valence-corrected chi connectivity index (χ0v) is 14.3. The smallest absolute Gasteiger partial charge is 0.387 e. The molecule has 3 rings (SSSR count). The minimum atomic E-state index is -2.87. The van der Waals surface area contributed by atoms with Crippen molar-refractivity contribution >= 4 is 16.7 Å². The number of halogens is 2. The van der Waals surface area contributed by atoms with Crippen LogP contribution in [0.15, 0.2) is 66.7 Å². The number of hydrogen-bond donors (Lipinski definition) is 1. The lowest BCUT2D eigenvalue weighted by molar-refractivity contribution is -0.121. The lowest BCUT2D eigenvalue weighted by Crippen LogP contribution is -2.28. The van der Waals surface area contributed by atoms with Gasteiger partial charge in [0.1, 0.15) is 5.75 Å². The molecule has 0 saturated carbocycles. The molecule has 0 aliphatic carbocycles. The summed E-state index contributed by atoms with van der Waals surface area (Å²) in [4.78, 5) is 12.4. The number of carbonyl (C=O) groups excluding carboxylic acids is 1. The predicted octanol–water partition coefficient (Wildman–Crippen LogP) is 4.86. The molecule has 1 atom stereocenters. The van der Waals surface area contributed by atoms with Crippen molar-refractivity contribution in [3.63, 3.8) is 0 Å². The van der Waals surface area contributed by atoms with Crippen molar-refractivity contribution < 1.29 is 18.3 Å². The van der Waals surface area contributed by atoms with Gasteiger partial charge in [0.25, 0.3) is 0 Å². The first-order valence-electron chi connectivity index (χ1n) is 8.33. The van der Waals surface area contributed by atoms with Crippen LogP contribution in [0, 0.1) is 0 Å². The molecule has 0 bridgehead atoms. The Labute approximate surface area is 150 Å². The van der Waals surface area contributed by atoms with Gasteiger partial charge in [-0.1, -0.05) is 54.6 Å². The molecular formula is C21H19F2NO2. The number of carbonyl (C=O) groups is 1. The molecule has 0 aliphatic rings. The van der Waals surface area contributed by atoms with Gasteiger partial charge in [0.05, 0.1) is 12.5 Å². The van der Waals surface area contributed by atoms with E-state index in [1.54, 1.807) is 12.1 Å². The lowest BCUT2D eigenvalue weighted by atomic mass is 10.0. The molecule has 0 radical (unpaired) electrons. The van der Waals surface area contributed by atoms with E-state index in [1.165, 1.54) is 12.1 Å². The summed E-state index contributed by atoms with van der Waals surface area (Å²) in [7, 11) is 0. The molecule has 3 aromatic carbocycles. The van der Waals surface area contributed by atoms with Crippen molar-refractivity contribution in [2.75, 3.05) is 0 Å². The van der Waals surface area contributed by atoms with Crippen LogP contribution < -0.4 is 10.1 Å². The predicted molar refractivity (Wildman–Crippen MR) is 97.3 cm³/mol. The van der Waals surface area contributed by atoms with Gasteiger partial charge in [0, 0.05) is 0 Å². The van der Waals surface area contributed by atoms with E-state index in [4.69, 9.17) is 0 Å². The first kappa shape index (κ1) is 17.9. The van der Waals surface area contributed by atoms with Gasteiger partial charge in [-0.15, -0.1) is 0 Å². The molecule has 1 N–H and O–H groups in total. The summed E-state index contributed by atoms with van der Waals surface area (Å²) in [5, 5.41) is 5.04. The van der Waals surface area contributed by atoms with Gasteiger partial charge in [-0.3, -0.25) is 4.79 Å². The number of nitrogens with one attached hydrogen (secondary N) is 1. The molecular weight excluding hydrogens is 336 g/mol. The highest BCUT2D eigenvalue weighted by atomic mass is 19.3. The molecule has 134 valence electrons. The van der Waals surface area contributed by atoms with E-state index in [1.807, 2.05) is 49.4 Å². The maximum Gasteiger partial charge on any atom is 0.387 e. The van der Waals surface area contributed by atoms with E-state index in [9.17, 15) is 13.6 Å². The second kappa shape index (κ2) is 7.95. The summed E-state index contributed by atoms with van der Waals surface area (Å²) in [5.41, 5.74) is 1.65. The Morgan fingerprint density at radius 2 is 1.77 bits per heavy atom. The fourth-order valence-corrected chi connectivity index (χ4v) is 2.96. The summed E-state index contributed by atoms with van der Waals surface area (Å²) < 4.78 is 29.1. The summed E-state index contributed by atoms with van der Waals surface area (Å²) >= 11 is 0. The Balaban J connectivity index is 1.69. The van der Waals surface area contributed by atoms with Gasteiger partial charge in [0.15, 0.2) is 0 Å². The summed E-state index contributed by atoms with van der Waals surface area (Å²) in [6.45, 7) is -1.07. The minimum absolute atomic E-state index is 0.0765. The molecule has 0 fully saturated rings. The second-order valence-electron chi connectivity index (χ2n) is 6.06. The molecule has 26 heavy (non-hydrogen) atoms. The average Bonchev–Trinajstić information content (AvgIpc) is 2.61. The van der Waals surface area contributed by atoms with Crippen LogP contribution >= 0.6 is 0 Å². The summed E-state index contributed by atoms with van der Waals surface area (Å²) in [6.07, 6.45) is 0.249. The number of fused-ring (bicyclic) bond motifs is 1. The van der Waals surface area contributed by atoms with Crippen LogP contribution in [0.1, 0.15) is 24.1 Å². The van der Waals surface area contributed by atoms with Crippen LogP contribution in [0.3, 0.4) is 0 Å². The van der Waals surface area contributed by atoms with Gasteiger partial charge in [-0.2, -0.15) is 8.78 Å². The maximum absolute atomic E-state index is 12.4. The van der Waals surface area contributed by atoms with E-state index < -0.39 is 6.61 Å². The number of alkyl halides is 2. The highest BCUT2D eigenvalue weighted by Gasteiger charge is 2.13. The number of ether oxygens (including phenoxy) is 1. The highest BCUT2D eigenvalue weighted by molar-refractivity contribution is 5.90. The Kier molecular flexibility index (Phi) is 5.46. The van der Waals surface area contributed by atoms with E-state index in [2.05, 4.69) is 10.1 Å². The Hall–Kier alpha value is -2.95. The molecule has 0 spiro atoms. The van der Waals surface area contributed by atoms with Crippen LogP contribution in [0.5, 0.6) is 5.75 Å². The Morgan fingerprint density at radius 1 is 1.04 bits per heavy atom. The third-order valence-corrected chi connectivity index (χ3v) is 4.19. The summed E-state index contributed by atoms with van der Waals surface area (Å²) in [6, 6.07) is 19.8. The van der Waals surface area contributed by atoms with Crippen molar-refractivity contribution in [1.29, 1.82) is 0 Å². The van der Waals surface area contributed by atoms with Gasteiger partial charge < -0.3 is 10.1 Å². The van der Waals surface area contributed by atoms with Crippen LogP contribution in [0.2, 0.25) is 0 Å². The van der Waals surface area contributed by atoms with Gasteiger partial charge in [0.2, 0.25) is 5.91 Å². The monoisotopic (exact) mass is 355 g/mol. The average molecular weight is 355 g/mol. The fraction of sp³-hybridized carbons (Fsp3) is 0.190. The largest absolute Gasteiger partial charge is 0.435 e. The van der Waals surface area contributed by atoms with Crippen LogP contribution in [0.25, 0.3) is 10.8 Å². The van der Waals surface area contributed by atoms with Crippen molar-refractivity contribution in [3.8, 4) is 5.75 Å². The fourth-order valence-electron chi connectivity index (χ4n) is 2.96. The van der Waals surface area contributed by atoms with E-state index in [-0.39, 0.29) is 24.1 Å². The van der Waals surface area contributed by atoms with Gasteiger partial charge in [-0.05, 0) is 41.0 Å². The quantitative estimate of drug-likeness (QED) is 0.686. The molecule has 0 saturated heterocycles. The Bertz CT molecular complexity index is 906. The molecule has 0 aliphatic heterocycles. The lowest BCUT2D eigenvalue weighted by Gasteiger charge is -2.16. The first-order chi connectivity index (χ1) is 12.5. The van der Waals surface area contributed by atoms with Crippen molar-refractivity contribution in [2.45, 2.75) is 26.0 Å². The molecule has 0 heterocycles. The van der Waals surface area contributed by atoms with Crippen LogP contribution in [-0.4, -0.2) is 12.5 Å². The topological polar surface area (TPSA) is 38.3 Å². The molecule has 0 aromatic heterocycles. The SMILES string of the molecule is CC(NC(=O)Cc1cccc2ccccc12)c1cccc(OC(F)F)c1. The second-order valence-corrected chi connectivity index (χ2v) is 6.06. The third kappa shape index (κ3) is 4.36. The molecule has 3 aromatic rings.